The smallest absolute Gasteiger partial charge is 0.234 e. The standard InChI is InChI=1S/C23H21ClN4O3S/c1-2-30-19-10-8-18(9-11-19)25-21(29)15-32-23-27-26-22(16-5-3-6-17(24)13-16)28(23)14-20-7-4-12-31-20/h3-13H,2,14-15H2,1H3,(H,25,29). The molecule has 4 aromatic rings. The van der Waals surface area contributed by atoms with Gasteiger partial charge in [0.2, 0.25) is 5.91 Å². The molecule has 2 aromatic carbocycles. The largest absolute Gasteiger partial charge is 0.494 e. The minimum atomic E-state index is -0.143. The second-order valence-corrected chi connectivity index (χ2v) is 8.16. The van der Waals surface area contributed by atoms with Gasteiger partial charge in [-0.15, -0.1) is 10.2 Å². The van der Waals surface area contributed by atoms with Gasteiger partial charge in [-0.25, -0.2) is 0 Å². The number of ether oxygens (including phenoxy) is 1. The zero-order valence-electron chi connectivity index (χ0n) is 17.3. The van der Waals surface area contributed by atoms with E-state index in [1.807, 2.05) is 66.1 Å². The van der Waals surface area contributed by atoms with Crippen LogP contribution < -0.4 is 10.1 Å². The number of carbonyl (C=O) groups is 1. The van der Waals surface area contributed by atoms with Gasteiger partial charge < -0.3 is 14.5 Å². The van der Waals surface area contributed by atoms with Crippen LogP contribution in [0.15, 0.2) is 76.5 Å². The Bertz CT molecular complexity index is 1180. The molecule has 0 aliphatic rings. The molecule has 0 bridgehead atoms. The monoisotopic (exact) mass is 468 g/mol. The lowest BCUT2D eigenvalue weighted by molar-refractivity contribution is -0.113. The van der Waals surface area contributed by atoms with Crippen molar-refractivity contribution >= 4 is 35.0 Å². The van der Waals surface area contributed by atoms with Crippen LogP contribution >= 0.6 is 23.4 Å². The van der Waals surface area contributed by atoms with Crippen LogP contribution in [0.3, 0.4) is 0 Å². The number of rotatable bonds is 9. The van der Waals surface area contributed by atoms with Gasteiger partial charge in [-0.1, -0.05) is 35.5 Å². The summed E-state index contributed by atoms with van der Waals surface area (Å²) in [6.45, 7) is 2.96. The highest BCUT2D eigenvalue weighted by Crippen LogP contribution is 2.27. The quantitative estimate of drug-likeness (QED) is 0.332. The van der Waals surface area contributed by atoms with Crippen molar-refractivity contribution in [3.8, 4) is 17.1 Å². The first-order chi connectivity index (χ1) is 15.6. The molecule has 0 saturated heterocycles. The van der Waals surface area contributed by atoms with Crippen molar-refractivity contribution in [1.82, 2.24) is 14.8 Å². The average molecular weight is 469 g/mol. The van der Waals surface area contributed by atoms with Gasteiger partial charge in [-0.2, -0.15) is 0 Å². The Labute approximate surface area is 194 Å². The average Bonchev–Trinajstić information content (AvgIpc) is 3.44. The number of aromatic nitrogens is 3. The number of nitrogens with zero attached hydrogens (tertiary/aromatic N) is 3. The van der Waals surface area contributed by atoms with Crippen LogP contribution in [0, 0.1) is 0 Å². The molecule has 0 fully saturated rings. The van der Waals surface area contributed by atoms with Gasteiger partial charge in [0, 0.05) is 16.3 Å². The van der Waals surface area contributed by atoms with Gasteiger partial charge in [-0.05, 0) is 55.5 Å². The minimum Gasteiger partial charge on any atom is -0.494 e. The van der Waals surface area contributed by atoms with Gasteiger partial charge in [0.1, 0.15) is 11.5 Å². The molecular weight excluding hydrogens is 448 g/mol. The molecular formula is C23H21ClN4O3S. The number of halogens is 1. The van der Waals surface area contributed by atoms with Gasteiger partial charge in [-0.3, -0.25) is 9.36 Å². The van der Waals surface area contributed by atoms with E-state index in [0.29, 0.717) is 34.8 Å². The summed E-state index contributed by atoms with van der Waals surface area (Å²) in [5, 5.41) is 12.8. The van der Waals surface area contributed by atoms with Crippen molar-refractivity contribution in [3.63, 3.8) is 0 Å². The van der Waals surface area contributed by atoms with E-state index >= 15 is 0 Å². The second kappa shape index (κ2) is 10.4. The lowest BCUT2D eigenvalue weighted by Gasteiger charge is -2.10. The Balaban J connectivity index is 1.48. The normalized spacial score (nSPS) is 10.8. The molecule has 1 N–H and O–H groups in total. The van der Waals surface area contributed by atoms with Gasteiger partial charge >= 0.3 is 0 Å². The third-order valence-electron chi connectivity index (χ3n) is 4.48. The number of carbonyl (C=O) groups excluding carboxylic acids is 1. The molecule has 0 aliphatic carbocycles. The maximum Gasteiger partial charge on any atom is 0.234 e. The van der Waals surface area contributed by atoms with E-state index in [0.717, 1.165) is 17.1 Å². The summed E-state index contributed by atoms with van der Waals surface area (Å²) in [6, 6.07) is 18.4. The third kappa shape index (κ3) is 5.52. The Kier molecular flexibility index (Phi) is 7.14. The van der Waals surface area contributed by atoms with Crippen LogP contribution in [0.2, 0.25) is 5.02 Å². The molecule has 4 rings (SSSR count). The summed E-state index contributed by atoms with van der Waals surface area (Å²) in [5.74, 6) is 2.21. The Morgan fingerprint density at radius 2 is 2.00 bits per heavy atom. The van der Waals surface area contributed by atoms with Gasteiger partial charge in [0.15, 0.2) is 11.0 Å². The number of thioether (sulfide) groups is 1. The predicted molar refractivity (Wildman–Crippen MR) is 125 cm³/mol. The SMILES string of the molecule is CCOc1ccc(NC(=O)CSc2nnc(-c3cccc(Cl)c3)n2Cc2ccco2)cc1. The number of hydrogen-bond acceptors (Lipinski definition) is 6. The van der Waals surface area contributed by atoms with Gasteiger partial charge in [0.25, 0.3) is 0 Å². The van der Waals surface area contributed by atoms with Crippen molar-refractivity contribution < 1.29 is 13.9 Å². The lowest BCUT2D eigenvalue weighted by atomic mass is 10.2. The summed E-state index contributed by atoms with van der Waals surface area (Å²) in [4.78, 5) is 12.5. The first-order valence-electron chi connectivity index (χ1n) is 9.99. The molecule has 7 nitrogen and oxygen atoms in total. The topological polar surface area (TPSA) is 82.2 Å². The number of amides is 1. The molecule has 1 amide bonds. The van der Waals surface area contributed by atoms with Crippen molar-refractivity contribution in [3.05, 3.63) is 77.7 Å². The second-order valence-electron chi connectivity index (χ2n) is 6.78. The molecule has 0 spiro atoms. The highest BCUT2D eigenvalue weighted by molar-refractivity contribution is 7.99. The summed E-state index contributed by atoms with van der Waals surface area (Å²) in [7, 11) is 0. The number of benzene rings is 2. The van der Waals surface area contributed by atoms with Crippen LogP contribution in [-0.2, 0) is 11.3 Å². The Hall–Kier alpha value is -3.23. The maximum atomic E-state index is 12.5. The molecule has 164 valence electrons. The number of hydrogen-bond donors (Lipinski definition) is 1. The zero-order chi connectivity index (χ0) is 22.3. The first kappa shape index (κ1) is 22.0. The summed E-state index contributed by atoms with van der Waals surface area (Å²) >= 11 is 7.47. The summed E-state index contributed by atoms with van der Waals surface area (Å²) < 4.78 is 12.8. The molecule has 0 radical (unpaired) electrons. The molecule has 0 atom stereocenters. The van der Waals surface area contributed by atoms with Crippen molar-refractivity contribution in [1.29, 1.82) is 0 Å². The fraction of sp³-hybridized carbons (Fsp3) is 0.174. The van der Waals surface area contributed by atoms with E-state index in [1.165, 1.54) is 11.8 Å². The highest BCUT2D eigenvalue weighted by Gasteiger charge is 2.17. The van der Waals surface area contributed by atoms with Crippen LogP contribution in [0.25, 0.3) is 11.4 Å². The molecule has 32 heavy (non-hydrogen) atoms. The molecule has 2 heterocycles. The first-order valence-corrected chi connectivity index (χ1v) is 11.4. The van der Waals surface area contributed by atoms with E-state index < -0.39 is 0 Å². The predicted octanol–water partition coefficient (Wildman–Crippen LogP) is 5.37. The van der Waals surface area contributed by atoms with Crippen molar-refractivity contribution in [2.75, 3.05) is 17.7 Å². The van der Waals surface area contributed by atoms with Crippen LogP contribution in [0.4, 0.5) is 5.69 Å². The number of anilines is 1. The van der Waals surface area contributed by atoms with Crippen LogP contribution in [0.5, 0.6) is 5.75 Å². The molecule has 9 heteroatoms. The highest BCUT2D eigenvalue weighted by atomic mass is 35.5. The van der Waals surface area contributed by atoms with E-state index in [4.69, 9.17) is 20.8 Å². The molecule has 0 aliphatic heterocycles. The zero-order valence-corrected chi connectivity index (χ0v) is 18.9. The number of nitrogens with one attached hydrogen (secondary N) is 1. The van der Waals surface area contributed by atoms with Gasteiger partial charge in [0.05, 0.1) is 25.2 Å². The summed E-state index contributed by atoms with van der Waals surface area (Å²) in [6.07, 6.45) is 1.62. The number of furan rings is 1. The fourth-order valence-electron chi connectivity index (χ4n) is 3.07. The molecule has 0 unspecified atom stereocenters. The minimum absolute atomic E-state index is 0.143. The Morgan fingerprint density at radius 3 is 2.72 bits per heavy atom. The lowest BCUT2D eigenvalue weighted by Crippen LogP contribution is -2.14. The van der Waals surface area contributed by atoms with Crippen LogP contribution in [-0.4, -0.2) is 33.0 Å². The fourth-order valence-corrected chi connectivity index (χ4v) is 3.99. The third-order valence-corrected chi connectivity index (χ3v) is 5.68. The Morgan fingerprint density at radius 1 is 1.16 bits per heavy atom. The van der Waals surface area contributed by atoms with E-state index in [2.05, 4.69) is 15.5 Å². The van der Waals surface area contributed by atoms with Crippen molar-refractivity contribution in [2.45, 2.75) is 18.6 Å². The van der Waals surface area contributed by atoms with Crippen molar-refractivity contribution in [2.24, 2.45) is 0 Å². The molecule has 0 saturated carbocycles. The van der Waals surface area contributed by atoms with E-state index in [-0.39, 0.29) is 11.7 Å². The molecule has 2 aromatic heterocycles. The summed E-state index contributed by atoms with van der Waals surface area (Å²) in [5.41, 5.74) is 1.54. The van der Waals surface area contributed by atoms with E-state index in [9.17, 15) is 4.79 Å². The maximum absolute atomic E-state index is 12.5. The van der Waals surface area contributed by atoms with Crippen LogP contribution in [0.1, 0.15) is 12.7 Å². The van der Waals surface area contributed by atoms with E-state index in [1.54, 1.807) is 12.3 Å².